The first-order valence-electron chi connectivity index (χ1n) is 4.23. The summed E-state index contributed by atoms with van der Waals surface area (Å²) in [6.45, 7) is 0.391. The number of aromatic nitrogens is 1. The number of carbonyl (C=O) groups excluding carboxylic acids is 2. The summed E-state index contributed by atoms with van der Waals surface area (Å²) in [5.41, 5.74) is 0. The highest BCUT2D eigenvalue weighted by molar-refractivity contribution is 5.96. The van der Waals surface area contributed by atoms with Crippen LogP contribution in [0.5, 0.6) is 0 Å². The van der Waals surface area contributed by atoms with Gasteiger partial charge in [-0.1, -0.05) is 5.16 Å². The van der Waals surface area contributed by atoms with Gasteiger partial charge in [-0.3, -0.25) is 9.59 Å². The Hall–Kier alpha value is -1.85. The minimum atomic E-state index is -0.306. The molecule has 1 atom stereocenters. The first kappa shape index (κ1) is 8.74. The lowest BCUT2D eigenvalue weighted by molar-refractivity contribution is -0.123. The van der Waals surface area contributed by atoms with Gasteiger partial charge in [0.2, 0.25) is 11.8 Å². The van der Waals surface area contributed by atoms with Gasteiger partial charge < -0.3 is 15.2 Å². The second-order valence-corrected chi connectivity index (χ2v) is 3.08. The second kappa shape index (κ2) is 3.49. The van der Waals surface area contributed by atoms with Crippen molar-refractivity contribution in [3.63, 3.8) is 0 Å². The highest BCUT2D eigenvalue weighted by atomic mass is 16.5. The third-order valence-corrected chi connectivity index (χ3v) is 2.04. The van der Waals surface area contributed by atoms with Crippen molar-refractivity contribution in [2.75, 3.05) is 11.9 Å². The van der Waals surface area contributed by atoms with Crippen LogP contribution < -0.4 is 10.6 Å². The van der Waals surface area contributed by atoms with Gasteiger partial charge in [-0.05, 0) is 0 Å². The highest BCUT2D eigenvalue weighted by Crippen LogP contribution is 2.11. The Morgan fingerprint density at radius 3 is 3.14 bits per heavy atom. The number of anilines is 1. The molecule has 0 spiro atoms. The molecule has 0 aliphatic carbocycles. The van der Waals surface area contributed by atoms with E-state index in [0.717, 1.165) is 0 Å². The lowest BCUT2D eigenvalue weighted by Gasteiger charge is -2.05. The van der Waals surface area contributed by atoms with Crippen molar-refractivity contribution in [1.29, 1.82) is 0 Å². The SMILES string of the molecule is O=C1CC(C(=O)Nc2ccon2)CN1. The summed E-state index contributed by atoms with van der Waals surface area (Å²) in [4.78, 5) is 22.3. The van der Waals surface area contributed by atoms with Crippen molar-refractivity contribution >= 4 is 17.6 Å². The van der Waals surface area contributed by atoms with Crippen molar-refractivity contribution < 1.29 is 14.1 Å². The molecule has 0 radical (unpaired) electrons. The van der Waals surface area contributed by atoms with Crippen LogP contribution in [0.4, 0.5) is 5.82 Å². The van der Waals surface area contributed by atoms with Crippen LogP contribution in [-0.2, 0) is 9.59 Å². The fraction of sp³-hybridized carbons (Fsp3) is 0.375. The molecule has 1 aromatic rings. The fourth-order valence-corrected chi connectivity index (χ4v) is 1.30. The zero-order valence-electron chi connectivity index (χ0n) is 7.32. The number of hydrogen-bond acceptors (Lipinski definition) is 4. The smallest absolute Gasteiger partial charge is 0.231 e. The Bertz CT molecular complexity index is 347. The summed E-state index contributed by atoms with van der Waals surface area (Å²) in [7, 11) is 0. The molecule has 1 aliphatic rings. The number of carbonyl (C=O) groups is 2. The molecule has 2 N–H and O–H groups in total. The minimum absolute atomic E-state index is 0.0923. The van der Waals surface area contributed by atoms with Gasteiger partial charge in [0.05, 0.1) is 5.92 Å². The van der Waals surface area contributed by atoms with Crippen LogP contribution in [0.1, 0.15) is 6.42 Å². The molecule has 74 valence electrons. The van der Waals surface area contributed by atoms with Crippen LogP contribution in [0.25, 0.3) is 0 Å². The first-order chi connectivity index (χ1) is 6.75. The van der Waals surface area contributed by atoms with Gasteiger partial charge in [-0.15, -0.1) is 0 Å². The third-order valence-electron chi connectivity index (χ3n) is 2.04. The van der Waals surface area contributed by atoms with Crippen LogP contribution in [0.2, 0.25) is 0 Å². The molecule has 1 aromatic heterocycles. The van der Waals surface area contributed by atoms with Gasteiger partial charge in [-0.25, -0.2) is 0 Å². The Balaban J connectivity index is 1.93. The summed E-state index contributed by atoms with van der Waals surface area (Å²) >= 11 is 0. The topological polar surface area (TPSA) is 84.2 Å². The van der Waals surface area contributed by atoms with E-state index in [1.54, 1.807) is 6.07 Å². The maximum atomic E-state index is 11.5. The molecule has 1 aliphatic heterocycles. The minimum Gasteiger partial charge on any atom is -0.363 e. The van der Waals surface area contributed by atoms with Gasteiger partial charge >= 0.3 is 0 Å². The van der Waals surface area contributed by atoms with E-state index in [9.17, 15) is 9.59 Å². The van der Waals surface area contributed by atoms with Crippen LogP contribution in [0.15, 0.2) is 16.9 Å². The van der Waals surface area contributed by atoms with Gasteiger partial charge in [0.15, 0.2) is 5.82 Å². The van der Waals surface area contributed by atoms with Crippen molar-refractivity contribution in [3.8, 4) is 0 Å². The third kappa shape index (κ3) is 1.73. The molecule has 2 rings (SSSR count). The molecule has 6 heteroatoms. The second-order valence-electron chi connectivity index (χ2n) is 3.08. The summed E-state index contributed by atoms with van der Waals surface area (Å²) in [6, 6.07) is 1.54. The van der Waals surface area contributed by atoms with Crippen molar-refractivity contribution in [2.45, 2.75) is 6.42 Å². The zero-order valence-corrected chi connectivity index (χ0v) is 7.32. The van der Waals surface area contributed by atoms with E-state index < -0.39 is 0 Å². The number of hydrogen-bond donors (Lipinski definition) is 2. The van der Waals surface area contributed by atoms with E-state index >= 15 is 0 Å². The molecule has 2 amide bonds. The summed E-state index contributed by atoms with van der Waals surface area (Å²) in [5, 5.41) is 8.67. The van der Waals surface area contributed by atoms with Crippen LogP contribution in [0, 0.1) is 5.92 Å². The number of rotatable bonds is 2. The van der Waals surface area contributed by atoms with E-state index in [0.29, 0.717) is 12.4 Å². The fourth-order valence-electron chi connectivity index (χ4n) is 1.30. The Morgan fingerprint density at radius 2 is 2.57 bits per heavy atom. The molecule has 1 saturated heterocycles. The maximum absolute atomic E-state index is 11.5. The Kier molecular flexibility index (Phi) is 2.18. The van der Waals surface area contributed by atoms with Crippen molar-refractivity contribution in [1.82, 2.24) is 10.5 Å². The predicted molar refractivity (Wildman–Crippen MR) is 46.2 cm³/mol. The van der Waals surface area contributed by atoms with Crippen LogP contribution >= 0.6 is 0 Å². The number of nitrogens with zero attached hydrogens (tertiary/aromatic N) is 1. The summed E-state index contributed by atoms with van der Waals surface area (Å²) in [6.07, 6.45) is 1.61. The lowest BCUT2D eigenvalue weighted by Crippen LogP contribution is -2.24. The van der Waals surface area contributed by atoms with Crippen LogP contribution in [-0.4, -0.2) is 23.5 Å². The van der Waals surface area contributed by atoms with Crippen molar-refractivity contribution in [2.24, 2.45) is 5.92 Å². The van der Waals surface area contributed by atoms with Gasteiger partial charge in [0, 0.05) is 19.0 Å². The highest BCUT2D eigenvalue weighted by Gasteiger charge is 2.28. The average molecular weight is 195 g/mol. The molecule has 1 fully saturated rings. The first-order valence-corrected chi connectivity index (χ1v) is 4.23. The summed E-state index contributed by atoms with van der Waals surface area (Å²) < 4.78 is 4.55. The summed E-state index contributed by atoms with van der Waals surface area (Å²) in [5.74, 6) is -0.240. The average Bonchev–Trinajstić information content (AvgIpc) is 2.75. The molecule has 0 saturated carbocycles. The van der Waals surface area contributed by atoms with Crippen LogP contribution in [0.3, 0.4) is 0 Å². The molecule has 6 nitrogen and oxygen atoms in total. The number of amides is 2. The van der Waals surface area contributed by atoms with E-state index in [1.807, 2.05) is 0 Å². The standard InChI is InChI=1S/C8H9N3O3/c12-7-3-5(4-9-7)8(13)10-6-1-2-14-11-6/h1-2,5H,3-4H2,(H,9,12)(H,10,11,13). The van der Waals surface area contributed by atoms with E-state index in [2.05, 4.69) is 20.3 Å². The maximum Gasteiger partial charge on any atom is 0.231 e. The molecular formula is C8H9N3O3. The van der Waals surface area contributed by atoms with E-state index in [4.69, 9.17) is 0 Å². The lowest BCUT2D eigenvalue weighted by atomic mass is 10.1. The van der Waals surface area contributed by atoms with Gasteiger partial charge in [0.25, 0.3) is 0 Å². The van der Waals surface area contributed by atoms with Crippen molar-refractivity contribution in [3.05, 3.63) is 12.3 Å². The Morgan fingerprint density at radius 1 is 1.71 bits per heavy atom. The monoisotopic (exact) mass is 195 g/mol. The molecule has 1 unspecified atom stereocenters. The number of nitrogens with one attached hydrogen (secondary N) is 2. The molecule has 14 heavy (non-hydrogen) atoms. The molecule has 2 heterocycles. The van der Waals surface area contributed by atoms with Gasteiger partial charge in [-0.2, -0.15) is 0 Å². The molecule has 0 aromatic carbocycles. The zero-order chi connectivity index (χ0) is 9.97. The molecule has 0 bridgehead atoms. The Labute approximate surface area is 79.6 Å². The largest absolute Gasteiger partial charge is 0.363 e. The predicted octanol–water partition coefficient (Wildman–Crippen LogP) is -0.251. The van der Waals surface area contributed by atoms with E-state index in [-0.39, 0.29) is 24.2 Å². The van der Waals surface area contributed by atoms with Gasteiger partial charge in [0.1, 0.15) is 6.26 Å². The quantitative estimate of drug-likeness (QED) is 0.681. The molecular weight excluding hydrogens is 186 g/mol. The normalized spacial score (nSPS) is 20.6. The van der Waals surface area contributed by atoms with E-state index in [1.165, 1.54) is 6.26 Å².